The van der Waals surface area contributed by atoms with Gasteiger partial charge in [0.2, 0.25) is 5.91 Å². The SMILES string of the molecule is C=C.Cc1ncc(CC(N)=O)s1.FC(F)(F)CCc1ncc2c(n1)CCN(CCC1CCCCC1)CC2. The van der Waals surface area contributed by atoms with Gasteiger partial charge in [-0.25, -0.2) is 15.0 Å². The fraction of sp³-hybridized carbons (Fsp3) is 0.630. The first-order valence-electron chi connectivity index (χ1n) is 13.0. The van der Waals surface area contributed by atoms with Gasteiger partial charge in [0.05, 0.1) is 17.8 Å². The Labute approximate surface area is 222 Å². The van der Waals surface area contributed by atoms with E-state index in [0.717, 1.165) is 59.5 Å². The van der Waals surface area contributed by atoms with Gasteiger partial charge >= 0.3 is 6.18 Å². The summed E-state index contributed by atoms with van der Waals surface area (Å²) in [6.45, 7) is 11.0. The number of amides is 1. The van der Waals surface area contributed by atoms with E-state index in [-0.39, 0.29) is 12.3 Å². The molecule has 3 heterocycles. The number of rotatable bonds is 7. The molecule has 2 aromatic rings. The molecule has 6 nitrogen and oxygen atoms in total. The zero-order valence-electron chi connectivity index (χ0n) is 21.9. The first-order valence-corrected chi connectivity index (χ1v) is 13.8. The molecule has 37 heavy (non-hydrogen) atoms. The quantitative estimate of drug-likeness (QED) is 0.462. The second kappa shape index (κ2) is 15.8. The van der Waals surface area contributed by atoms with Gasteiger partial charge in [0.15, 0.2) is 0 Å². The maximum Gasteiger partial charge on any atom is 0.389 e. The molecule has 2 aliphatic rings. The van der Waals surface area contributed by atoms with Crippen LogP contribution in [0, 0.1) is 12.8 Å². The van der Waals surface area contributed by atoms with Crippen molar-refractivity contribution in [1.82, 2.24) is 19.9 Å². The number of nitrogens with two attached hydrogens (primary N) is 1. The molecule has 1 saturated carbocycles. The minimum Gasteiger partial charge on any atom is -0.369 e. The van der Waals surface area contributed by atoms with E-state index in [1.807, 2.05) is 6.92 Å². The molecule has 0 saturated heterocycles. The Balaban J connectivity index is 0.000000336. The van der Waals surface area contributed by atoms with Crippen LogP contribution in [0.25, 0.3) is 0 Å². The summed E-state index contributed by atoms with van der Waals surface area (Å²) in [5, 5.41) is 0.969. The van der Waals surface area contributed by atoms with E-state index >= 15 is 0 Å². The zero-order chi connectivity index (χ0) is 27.3. The van der Waals surface area contributed by atoms with Gasteiger partial charge in [-0.3, -0.25) is 4.79 Å². The Morgan fingerprint density at radius 1 is 1.14 bits per heavy atom. The lowest BCUT2D eigenvalue weighted by Crippen LogP contribution is -2.29. The molecule has 2 aromatic heterocycles. The second-order valence-corrected chi connectivity index (χ2v) is 10.8. The summed E-state index contributed by atoms with van der Waals surface area (Å²) in [6, 6.07) is 0. The molecule has 0 unspecified atom stereocenters. The van der Waals surface area contributed by atoms with Crippen LogP contribution in [-0.2, 0) is 30.5 Å². The normalized spacial score (nSPS) is 16.4. The number of hydrogen-bond donors (Lipinski definition) is 1. The highest BCUT2D eigenvalue weighted by Gasteiger charge is 2.27. The Bertz CT molecular complexity index is 960. The highest BCUT2D eigenvalue weighted by Crippen LogP contribution is 2.27. The molecule has 10 heteroatoms. The number of hydrogen-bond acceptors (Lipinski definition) is 6. The van der Waals surface area contributed by atoms with Crippen molar-refractivity contribution < 1.29 is 18.0 Å². The molecular weight excluding hydrogens is 499 g/mol. The average molecular weight is 540 g/mol. The van der Waals surface area contributed by atoms with Crippen LogP contribution in [-0.4, -0.2) is 51.6 Å². The van der Waals surface area contributed by atoms with Crippen molar-refractivity contribution in [2.45, 2.75) is 83.7 Å². The third-order valence-corrected chi connectivity index (χ3v) is 7.51. The van der Waals surface area contributed by atoms with Crippen LogP contribution < -0.4 is 5.73 Å². The van der Waals surface area contributed by atoms with E-state index in [2.05, 4.69) is 33.0 Å². The number of aromatic nitrogens is 3. The van der Waals surface area contributed by atoms with Crippen LogP contribution in [0.2, 0.25) is 0 Å². The number of alkyl halides is 3. The summed E-state index contributed by atoms with van der Waals surface area (Å²) >= 11 is 1.50. The van der Waals surface area contributed by atoms with Gasteiger partial charge in [-0.05, 0) is 37.8 Å². The second-order valence-electron chi connectivity index (χ2n) is 9.50. The Morgan fingerprint density at radius 3 is 2.46 bits per heavy atom. The Hall–Kier alpha value is -2.33. The maximum absolute atomic E-state index is 12.4. The monoisotopic (exact) mass is 539 g/mol. The fourth-order valence-corrected chi connectivity index (χ4v) is 5.47. The van der Waals surface area contributed by atoms with Crippen molar-refractivity contribution in [3.05, 3.63) is 52.5 Å². The molecule has 0 spiro atoms. The number of fused-ring (bicyclic) bond motifs is 1. The zero-order valence-corrected chi connectivity index (χ0v) is 22.7. The van der Waals surface area contributed by atoms with E-state index in [1.165, 1.54) is 49.9 Å². The summed E-state index contributed by atoms with van der Waals surface area (Å²) in [6.07, 6.45) is 8.54. The molecule has 4 rings (SSSR count). The van der Waals surface area contributed by atoms with Gasteiger partial charge in [-0.1, -0.05) is 32.1 Å². The van der Waals surface area contributed by atoms with Gasteiger partial charge in [0.1, 0.15) is 5.82 Å². The predicted molar refractivity (Wildman–Crippen MR) is 142 cm³/mol. The molecule has 1 aliphatic carbocycles. The number of aryl methyl sites for hydroxylation is 2. The van der Waals surface area contributed by atoms with Crippen molar-refractivity contribution in [1.29, 1.82) is 0 Å². The highest BCUT2D eigenvalue weighted by molar-refractivity contribution is 7.11. The number of halogens is 3. The van der Waals surface area contributed by atoms with Crippen LogP contribution in [0.1, 0.15) is 71.9 Å². The molecule has 0 bridgehead atoms. The predicted octanol–water partition coefficient (Wildman–Crippen LogP) is 5.62. The number of carbonyl (C=O) groups is 1. The largest absolute Gasteiger partial charge is 0.389 e. The lowest BCUT2D eigenvalue weighted by Gasteiger charge is -2.25. The van der Waals surface area contributed by atoms with E-state index < -0.39 is 12.6 Å². The van der Waals surface area contributed by atoms with Crippen molar-refractivity contribution in [3.8, 4) is 0 Å². The van der Waals surface area contributed by atoms with E-state index in [4.69, 9.17) is 5.73 Å². The molecule has 0 aromatic carbocycles. The lowest BCUT2D eigenvalue weighted by molar-refractivity contribution is -0.134. The standard InChI is InChI=1S/C19H28F3N3.C6H8N2OS.C2H4/c20-19(21,22)10-6-18-23-14-16-8-12-25(13-9-17(16)24-18)11-7-15-4-2-1-3-5-15;1-4-8-3-5(10-4)2-6(7)9;1-2/h14-15H,1-13H2;3H,2H2,1H3,(H2,7,9);1-2H2. The number of primary amides is 1. The smallest absolute Gasteiger partial charge is 0.369 e. The molecule has 1 aliphatic heterocycles. The van der Waals surface area contributed by atoms with Crippen molar-refractivity contribution in [2.24, 2.45) is 11.7 Å². The fourth-order valence-electron chi connectivity index (χ4n) is 4.66. The summed E-state index contributed by atoms with van der Waals surface area (Å²) < 4.78 is 37.1. The Morgan fingerprint density at radius 2 is 1.84 bits per heavy atom. The molecule has 0 atom stereocenters. The van der Waals surface area contributed by atoms with Crippen molar-refractivity contribution in [2.75, 3.05) is 19.6 Å². The first-order chi connectivity index (χ1) is 17.7. The molecule has 1 fully saturated rings. The van der Waals surface area contributed by atoms with Gasteiger partial charge in [-0.2, -0.15) is 13.2 Å². The maximum atomic E-state index is 12.4. The van der Waals surface area contributed by atoms with Crippen LogP contribution in [0.3, 0.4) is 0 Å². The Kier molecular flexibility index (Phi) is 13.2. The summed E-state index contributed by atoms with van der Waals surface area (Å²) in [5.74, 6) is 0.906. The number of nitrogens with zero attached hydrogens (tertiary/aromatic N) is 4. The van der Waals surface area contributed by atoms with Crippen LogP contribution in [0.5, 0.6) is 0 Å². The van der Waals surface area contributed by atoms with Gasteiger partial charge in [0, 0.05) is 48.9 Å². The molecular formula is C27H40F3N5OS. The molecule has 0 radical (unpaired) electrons. The average Bonchev–Trinajstić information content (AvgIpc) is 3.16. The molecule has 2 N–H and O–H groups in total. The number of thiazole rings is 1. The summed E-state index contributed by atoms with van der Waals surface area (Å²) in [4.78, 5) is 26.4. The summed E-state index contributed by atoms with van der Waals surface area (Å²) in [7, 11) is 0. The van der Waals surface area contributed by atoms with Gasteiger partial charge in [0.25, 0.3) is 0 Å². The minimum atomic E-state index is -4.15. The van der Waals surface area contributed by atoms with Crippen LogP contribution in [0.15, 0.2) is 25.6 Å². The van der Waals surface area contributed by atoms with Gasteiger partial charge in [-0.15, -0.1) is 24.5 Å². The van der Waals surface area contributed by atoms with Crippen molar-refractivity contribution in [3.63, 3.8) is 0 Å². The first kappa shape index (κ1) is 30.9. The van der Waals surface area contributed by atoms with E-state index in [1.54, 1.807) is 12.4 Å². The molecule has 206 valence electrons. The van der Waals surface area contributed by atoms with E-state index in [0.29, 0.717) is 12.2 Å². The lowest BCUT2D eigenvalue weighted by atomic mass is 9.87. The number of carbonyl (C=O) groups excluding carboxylic acids is 1. The van der Waals surface area contributed by atoms with Crippen molar-refractivity contribution >= 4 is 17.2 Å². The minimum absolute atomic E-state index is 0.123. The van der Waals surface area contributed by atoms with E-state index in [9.17, 15) is 18.0 Å². The molecule has 1 amide bonds. The van der Waals surface area contributed by atoms with Crippen LogP contribution >= 0.6 is 11.3 Å². The summed E-state index contributed by atoms with van der Waals surface area (Å²) in [5.41, 5.74) is 7.03. The van der Waals surface area contributed by atoms with Crippen LogP contribution in [0.4, 0.5) is 13.2 Å². The third kappa shape index (κ3) is 12.2. The highest BCUT2D eigenvalue weighted by atomic mass is 32.1. The topological polar surface area (TPSA) is 85.0 Å². The third-order valence-electron chi connectivity index (χ3n) is 6.59. The van der Waals surface area contributed by atoms with Gasteiger partial charge < -0.3 is 10.6 Å².